The topological polar surface area (TPSA) is 110 Å². The summed E-state index contributed by atoms with van der Waals surface area (Å²) in [7, 11) is 0. The summed E-state index contributed by atoms with van der Waals surface area (Å²) in [4.78, 5) is 34.3. The van der Waals surface area contributed by atoms with Crippen molar-refractivity contribution in [3.8, 4) is 0 Å². The number of nitrogens with zero attached hydrogens (tertiary/aromatic N) is 5. The van der Waals surface area contributed by atoms with Gasteiger partial charge in [-0.1, -0.05) is 0 Å². The summed E-state index contributed by atoms with van der Waals surface area (Å²) < 4.78 is 63.5. The molecule has 1 aromatic rings. The van der Waals surface area contributed by atoms with Gasteiger partial charge in [0, 0.05) is 45.1 Å². The molecule has 1 aromatic heterocycles. The predicted octanol–water partition coefficient (Wildman–Crippen LogP) is 2.60. The van der Waals surface area contributed by atoms with Crippen molar-refractivity contribution < 1.29 is 46.1 Å². The first-order valence-corrected chi connectivity index (χ1v) is 11.3. The molecule has 0 amide bonds. The number of carboxylic acids is 2. The van der Waals surface area contributed by atoms with Crippen molar-refractivity contribution in [2.45, 2.75) is 31.6 Å². The molecule has 0 spiro atoms. The van der Waals surface area contributed by atoms with Crippen molar-refractivity contribution in [1.82, 2.24) is 19.8 Å². The van der Waals surface area contributed by atoms with E-state index in [9.17, 15) is 26.3 Å². The van der Waals surface area contributed by atoms with Crippen LogP contribution in [0.15, 0.2) is 18.5 Å². The average molecular weight is 529 g/mol. The molecule has 4 heterocycles. The van der Waals surface area contributed by atoms with E-state index in [4.69, 9.17) is 19.8 Å². The van der Waals surface area contributed by atoms with Gasteiger partial charge in [0.2, 0.25) is 5.95 Å². The van der Waals surface area contributed by atoms with Crippen molar-refractivity contribution in [2.24, 2.45) is 11.8 Å². The van der Waals surface area contributed by atoms with Crippen LogP contribution in [0.1, 0.15) is 19.3 Å². The number of carboxylic acid groups (broad SMARTS) is 2. The van der Waals surface area contributed by atoms with Gasteiger partial charge in [0.1, 0.15) is 0 Å². The third-order valence-electron chi connectivity index (χ3n) is 6.14. The lowest BCUT2D eigenvalue weighted by Crippen LogP contribution is -2.43. The van der Waals surface area contributed by atoms with E-state index in [0.717, 1.165) is 30.9 Å². The van der Waals surface area contributed by atoms with Gasteiger partial charge in [0.05, 0.1) is 0 Å². The molecule has 0 unspecified atom stereocenters. The number of halogens is 6. The molecule has 15 heteroatoms. The second-order valence-corrected chi connectivity index (χ2v) is 8.72. The Bertz CT molecular complexity index is 812. The third kappa shape index (κ3) is 9.76. The Morgan fingerprint density at radius 3 is 1.78 bits per heavy atom. The molecule has 3 fully saturated rings. The van der Waals surface area contributed by atoms with Crippen LogP contribution in [0.5, 0.6) is 0 Å². The number of hydrogen-bond acceptors (Lipinski definition) is 7. The van der Waals surface area contributed by atoms with Crippen LogP contribution < -0.4 is 4.90 Å². The first-order valence-electron chi connectivity index (χ1n) is 11.3. The summed E-state index contributed by atoms with van der Waals surface area (Å²) in [6.07, 6.45) is -2.32. The summed E-state index contributed by atoms with van der Waals surface area (Å²) in [5.41, 5.74) is 0. The first-order chi connectivity index (χ1) is 16.8. The predicted molar refractivity (Wildman–Crippen MR) is 115 cm³/mol. The van der Waals surface area contributed by atoms with Crippen LogP contribution in [0, 0.1) is 11.8 Å². The Hall–Kier alpha value is -2.68. The van der Waals surface area contributed by atoms with E-state index < -0.39 is 24.3 Å². The highest BCUT2D eigenvalue weighted by atomic mass is 19.4. The number of anilines is 1. The molecule has 0 radical (unpaired) electrons. The number of fused-ring (bicyclic) bond motifs is 1. The summed E-state index contributed by atoms with van der Waals surface area (Å²) in [5.74, 6) is -2.96. The Balaban J connectivity index is 0.000000271. The molecule has 0 bridgehead atoms. The molecular weight excluding hydrogens is 500 g/mol. The lowest BCUT2D eigenvalue weighted by Gasteiger charge is -2.35. The standard InChI is InChI=1S/C17H27N5.2C2HF3O2/c1-2-8-20(7-1)10-11-21-9-4-15-13-22(14-16(15)12-21)17-18-5-3-6-19-17;2*3-2(4,5)1(6)7/h3,5-6,15-16H,1-2,4,7-14H2;2*(H,6,7)/t15-,16+;;/m1../s1. The van der Waals surface area contributed by atoms with Gasteiger partial charge in [-0.2, -0.15) is 26.3 Å². The second kappa shape index (κ2) is 13.0. The molecule has 36 heavy (non-hydrogen) atoms. The van der Waals surface area contributed by atoms with Crippen LogP contribution in [-0.4, -0.2) is 107 Å². The van der Waals surface area contributed by atoms with Crippen LogP contribution >= 0.6 is 0 Å². The molecule has 9 nitrogen and oxygen atoms in total. The van der Waals surface area contributed by atoms with Crippen molar-refractivity contribution in [3.05, 3.63) is 18.5 Å². The highest BCUT2D eigenvalue weighted by molar-refractivity contribution is 5.73. The fourth-order valence-corrected chi connectivity index (χ4v) is 4.35. The number of likely N-dealkylation sites (tertiary alicyclic amines) is 2. The highest BCUT2D eigenvalue weighted by Gasteiger charge is 2.39. The average Bonchev–Trinajstić information content (AvgIpc) is 3.47. The molecule has 0 aliphatic carbocycles. The number of aliphatic carboxylic acids is 2. The van der Waals surface area contributed by atoms with Crippen molar-refractivity contribution in [1.29, 1.82) is 0 Å². The second-order valence-electron chi connectivity index (χ2n) is 8.72. The van der Waals surface area contributed by atoms with Gasteiger partial charge < -0.3 is 24.9 Å². The smallest absolute Gasteiger partial charge is 0.475 e. The number of carbonyl (C=O) groups is 2. The number of alkyl halides is 6. The quantitative estimate of drug-likeness (QED) is 0.569. The Morgan fingerprint density at radius 1 is 0.806 bits per heavy atom. The first kappa shape index (κ1) is 29.5. The molecule has 204 valence electrons. The van der Waals surface area contributed by atoms with E-state index in [0.29, 0.717) is 0 Å². The van der Waals surface area contributed by atoms with Crippen LogP contribution in [0.2, 0.25) is 0 Å². The number of aromatic nitrogens is 2. The lowest BCUT2D eigenvalue weighted by atomic mass is 9.89. The largest absolute Gasteiger partial charge is 0.490 e. The number of piperidine rings is 1. The minimum Gasteiger partial charge on any atom is -0.475 e. The van der Waals surface area contributed by atoms with Gasteiger partial charge in [-0.25, -0.2) is 19.6 Å². The maximum atomic E-state index is 10.6. The van der Waals surface area contributed by atoms with Gasteiger partial charge in [-0.15, -0.1) is 0 Å². The minimum absolute atomic E-state index is 0.802. The molecule has 0 saturated carbocycles. The fourth-order valence-electron chi connectivity index (χ4n) is 4.35. The van der Waals surface area contributed by atoms with E-state index in [-0.39, 0.29) is 0 Å². The Labute approximate surface area is 203 Å². The molecular formula is C21H29F6N5O4. The van der Waals surface area contributed by atoms with Crippen LogP contribution in [0.25, 0.3) is 0 Å². The van der Waals surface area contributed by atoms with Crippen LogP contribution in [0.3, 0.4) is 0 Å². The highest BCUT2D eigenvalue weighted by Crippen LogP contribution is 2.32. The van der Waals surface area contributed by atoms with E-state index in [1.165, 1.54) is 58.5 Å². The van der Waals surface area contributed by atoms with E-state index in [1.54, 1.807) is 0 Å². The summed E-state index contributed by atoms with van der Waals surface area (Å²) in [6, 6.07) is 1.90. The maximum absolute atomic E-state index is 10.6. The van der Waals surface area contributed by atoms with Gasteiger partial charge in [-0.05, 0) is 56.8 Å². The van der Waals surface area contributed by atoms with Crippen molar-refractivity contribution in [2.75, 3.05) is 57.3 Å². The van der Waals surface area contributed by atoms with Crippen LogP contribution in [-0.2, 0) is 9.59 Å². The minimum atomic E-state index is -5.08. The molecule has 0 aromatic carbocycles. The molecule has 2 N–H and O–H groups in total. The molecule has 3 saturated heterocycles. The third-order valence-corrected chi connectivity index (χ3v) is 6.14. The van der Waals surface area contributed by atoms with Crippen molar-refractivity contribution in [3.63, 3.8) is 0 Å². The Morgan fingerprint density at radius 2 is 1.28 bits per heavy atom. The number of hydrogen-bond donors (Lipinski definition) is 2. The summed E-state index contributed by atoms with van der Waals surface area (Å²) in [5, 5.41) is 14.2. The van der Waals surface area contributed by atoms with Gasteiger partial charge in [-0.3, -0.25) is 0 Å². The lowest BCUT2D eigenvalue weighted by molar-refractivity contribution is -0.193. The van der Waals surface area contributed by atoms with Gasteiger partial charge in [0.15, 0.2) is 0 Å². The fraction of sp³-hybridized carbons (Fsp3) is 0.714. The molecule has 2 atom stereocenters. The molecule has 4 rings (SSSR count). The van der Waals surface area contributed by atoms with Gasteiger partial charge >= 0.3 is 24.3 Å². The summed E-state index contributed by atoms with van der Waals surface area (Å²) in [6.45, 7) is 9.98. The zero-order chi connectivity index (χ0) is 26.9. The van der Waals surface area contributed by atoms with E-state index in [2.05, 4.69) is 24.7 Å². The molecule has 3 aliphatic heterocycles. The van der Waals surface area contributed by atoms with E-state index in [1.807, 2.05) is 18.5 Å². The Kier molecular flexibility index (Phi) is 10.7. The van der Waals surface area contributed by atoms with Crippen molar-refractivity contribution >= 4 is 17.9 Å². The normalized spacial score (nSPS) is 22.7. The van der Waals surface area contributed by atoms with Crippen LogP contribution in [0.4, 0.5) is 32.3 Å². The molecule has 3 aliphatic rings. The van der Waals surface area contributed by atoms with E-state index >= 15 is 0 Å². The van der Waals surface area contributed by atoms with Gasteiger partial charge in [0.25, 0.3) is 0 Å². The SMILES string of the molecule is O=C(O)C(F)(F)F.O=C(O)C(F)(F)F.c1cnc(N2C[C@H]3CCN(CCN4CCCC4)C[C@H]3C2)nc1. The monoisotopic (exact) mass is 529 g/mol. The zero-order valence-electron chi connectivity index (χ0n) is 19.4. The number of rotatable bonds is 4. The summed E-state index contributed by atoms with van der Waals surface area (Å²) >= 11 is 0. The maximum Gasteiger partial charge on any atom is 0.490 e. The zero-order valence-corrected chi connectivity index (χ0v) is 19.4.